The minimum absolute atomic E-state index is 0.576. The van der Waals surface area contributed by atoms with Crippen molar-refractivity contribution in [1.82, 2.24) is 9.97 Å². The molecule has 0 saturated carbocycles. The molecule has 3 aromatic rings. The molecular weight excluding hydrogens is 352 g/mol. The third-order valence-electron chi connectivity index (χ3n) is 3.29. The number of halogens is 1. The normalized spacial score (nSPS) is 10.3. The van der Waals surface area contributed by atoms with E-state index in [2.05, 4.69) is 48.7 Å². The summed E-state index contributed by atoms with van der Waals surface area (Å²) in [7, 11) is 0. The van der Waals surface area contributed by atoms with Gasteiger partial charge in [0, 0.05) is 22.8 Å². The monoisotopic (exact) mass is 368 g/mol. The Labute approximate surface area is 144 Å². The van der Waals surface area contributed by atoms with E-state index in [0.717, 1.165) is 28.2 Å². The lowest BCUT2D eigenvalue weighted by molar-refractivity contribution is 1.06. The van der Waals surface area contributed by atoms with E-state index in [1.165, 1.54) is 5.56 Å². The molecule has 0 aliphatic rings. The number of aryl methyl sites for hydroxylation is 1. The van der Waals surface area contributed by atoms with Gasteiger partial charge in [0.25, 0.3) is 0 Å². The van der Waals surface area contributed by atoms with Gasteiger partial charge in [0.2, 0.25) is 5.95 Å². The molecule has 0 unspecified atom stereocenters. The second kappa shape index (κ2) is 7.24. The maximum atomic E-state index is 4.53. The summed E-state index contributed by atoms with van der Waals surface area (Å²) in [5, 5.41) is 6.58. The second-order valence-electron chi connectivity index (χ2n) is 5.16. The second-order valence-corrected chi connectivity index (χ2v) is 6.02. The molecule has 0 spiro atoms. The summed E-state index contributed by atoms with van der Waals surface area (Å²) in [6, 6.07) is 20.1. The van der Waals surface area contributed by atoms with Gasteiger partial charge in [-0.15, -0.1) is 0 Å². The molecule has 0 amide bonds. The van der Waals surface area contributed by atoms with Crippen molar-refractivity contribution in [2.45, 2.75) is 13.5 Å². The fourth-order valence-corrected chi connectivity index (χ4v) is 2.57. The van der Waals surface area contributed by atoms with Gasteiger partial charge in [-0.2, -0.15) is 4.98 Å². The number of hydrogen-bond donors (Lipinski definition) is 2. The fraction of sp³-hybridized carbons (Fsp3) is 0.111. The van der Waals surface area contributed by atoms with Crippen LogP contribution in [0.5, 0.6) is 0 Å². The van der Waals surface area contributed by atoms with E-state index in [0.29, 0.717) is 5.95 Å². The number of hydrogen-bond acceptors (Lipinski definition) is 4. The van der Waals surface area contributed by atoms with Crippen LogP contribution in [0.4, 0.5) is 17.5 Å². The lowest BCUT2D eigenvalue weighted by Gasteiger charge is -2.11. The van der Waals surface area contributed by atoms with E-state index in [1.807, 2.05) is 55.5 Å². The van der Waals surface area contributed by atoms with Crippen LogP contribution >= 0.6 is 15.9 Å². The summed E-state index contributed by atoms with van der Waals surface area (Å²) >= 11 is 3.52. The van der Waals surface area contributed by atoms with Gasteiger partial charge in [0.15, 0.2) is 0 Å². The first-order valence-corrected chi connectivity index (χ1v) is 8.15. The zero-order valence-electron chi connectivity index (χ0n) is 12.8. The van der Waals surface area contributed by atoms with E-state index in [9.17, 15) is 0 Å². The molecular formula is C18H17BrN4. The number of nitrogens with zero attached hydrogens (tertiary/aromatic N) is 2. The number of benzene rings is 2. The van der Waals surface area contributed by atoms with E-state index in [1.54, 1.807) is 0 Å². The van der Waals surface area contributed by atoms with Crippen LogP contribution in [0, 0.1) is 6.92 Å². The van der Waals surface area contributed by atoms with Gasteiger partial charge in [-0.05, 0) is 40.5 Å². The van der Waals surface area contributed by atoms with Crippen molar-refractivity contribution in [3.8, 4) is 0 Å². The van der Waals surface area contributed by atoms with Crippen LogP contribution in [0.2, 0.25) is 0 Å². The van der Waals surface area contributed by atoms with Gasteiger partial charge in [-0.3, -0.25) is 0 Å². The van der Waals surface area contributed by atoms with Crippen molar-refractivity contribution in [3.05, 3.63) is 76.4 Å². The largest absolute Gasteiger partial charge is 0.366 e. The first kappa shape index (κ1) is 15.5. The minimum Gasteiger partial charge on any atom is -0.366 e. The Hall–Kier alpha value is -2.40. The number of nitrogens with one attached hydrogen (secondary N) is 2. The Bertz CT molecular complexity index is 790. The zero-order valence-corrected chi connectivity index (χ0v) is 14.3. The standard InChI is InChI=1S/C18H17BrN4/c1-13-11-17(20-12-14-7-3-2-4-8-14)23-18(21-13)22-16-10-6-5-9-15(16)19/h2-11H,12H2,1H3,(H2,20,21,22,23). The molecule has 5 heteroatoms. The molecule has 0 radical (unpaired) electrons. The van der Waals surface area contributed by atoms with Crippen LogP contribution in [0.3, 0.4) is 0 Å². The smallest absolute Gasteiger partial charge is 0.229 e. The molecule has 0 saturated heterocycles. The maximum absolute atomic E-state index is 4.53. The van der Waals surface area contributed by atoms with Crippen LogP contribution in [0.25, 0.3) is 0 Å². The van der Waals surface area contributed by atoms with Crippen LogP contribution in [-0.4, -0.2) is 9.97 Å². The summed E-state index contributed by atoms with van der Waals surface area (Å²) in [6.07, 6.45) is 0. The van der Waals surface area contributed by atoms with E-state index < -0.39 is 0 Å². The molecule has 23 heavy (non-hydrogen) atoms. The van der Waals surface area contributed by atoms with E-state index in [4.69, 9.17) is 0 Å². The molecule has 2 aromatic carbocycles. The van der Waals surface area contributed by atoms with Crippen molar-refractivity contribution in [2.75, 3.05) is 10.6 Å². The highest BCUT2D eigenvalue weighted by Crippen LogP contribution is 2.24. The molecule has 1 heterocycles. The predicted octanol–water partition coefficient (Wildman–Crippen LogP) is 4.90. The van der Waals surface area contributed by atoms with Gasteiger partial charge in [-0.25, -0.2) is 4.98 Å². The van der Waals surface area contributed by atoms with Crippen molar-refractivity contribution >= 4 is 33.4 Å². The molecule has 0 atom stereocenters. The van der Waals surface area contributed by atoms with Gasteiger partial charge in [0.05, 0.1) is 5.69 Å². The average Bonchev–Trinajstić information content (AvgIpc) is 2.56. The molecule has 0 aliphatic heterocycles. The topological polar surface area (TPSA) is 49.8 Å². The molecule has 2 N–H and O–H groups in total. The first-order chi connectivity index (χ1) is 11.2. The summed E-state index contributed by atoms with van der Waals surface area (Å²) in [5.74, 6) is 1.38. The fourth-order valence-electron chi connectivity index (χ4n) is 2.19. The summed E-state index contributed by atoms with van der Waals surface area (Å²) in [5.41, 5.74) is 3.06. The highest BCUT2D eigenvalue weighted by molar-refractivity contribution is 9.10. The van der Waals surface area contributed by atoms with Crippen LogP contribution < -0.4 is 10.6 Å². The van der Waals surface area contributed by atoms with Crippen LogP contribution in [0.1, 0.15) is 11.3 Å². The lowest BCUT2D eigenvalue weighted by atomic mass is 10.2. The van der Waals surface area contributed by atoms with Gasteiger partial charge in [0.1, 0.15) is 5.82 Å². The van der Waals surface area contributed by atoms with Crippen molar-refractivity contribution < 1.29 is 0 Å². The lowest BCUT2D eigenvalue weighted by Crippen LogP contribution is -2.05. The van der Waals surface area contributed by atoms with Crippen molar-refractivity contribution in [1.29, 1.82) is 0 Å². The maximum Gasteiger partial charge on any atom is 0.229 e. The number of anilines is 3. The summed E-state index contributed by atoms with van der Waals surface area (Å²) in [4.78, 5) is 8.97. The molecule has 0 fully saturated rings. The van der Waals surface area contributed by atoms with Gasteiger partial charge < -0.3 is 10.6 Å². The molecule has 3 rings (SSSR count). The Morgan fingerprint density at radius 1 is 0.957 bits per heavy atom. The summed E-state index contributed by atoms with van der Waals surface area (Å²) in [6.45, 7) is 2.69. The highest BCUT2D eigenvalue weighted by atomic mass is 79.9. The molecule has 1 aromatic heterocycles. The first-order valence-electron chi connectivity index (χ1n) is 7.36. The Kier molecular flexibility index (Phi) is 4.88. The SMILES string of the molecule is Cc1cc(NCc2ccccc2)nc(Nc2ccccc2Br)n1. The average molecular weight is 369 g/mol. The van der Waals surface area contributed by atoms with Crippen molar-refractivity contribution in [2.24, 2.45) is 0 Å². The van der Waals surface area contributed by atoms with Gasteiger partial charge >= 0.3 is 0 Å². The third-order valence-corrected chi connectivity index (χ3v) is 3.98. The predicted molar refractivity (Wildman–Crippen MR) is 98.0 cm³/mol. The van der Waals surface area contributed by atoms with Crippen LogP contribution in [0.15, 0.2) is 65.1 Å². The molecule has 0 bridgehead atoms. The number of para-hydroxylation sites is 1. The quantitative estimate of drug-likeness (QED) is 0.672. The Balaban J connectivity index is 1.75. The molecule has 4 nitrogen and oxygen atoms in total. The number of aromatic nitrogens is 2. The zero-order chi connectivity index (χ0) is 16.1. The van der Waals surface area contributed by atoms with Gasteiger partial charge in [-0.1, -0.05) is 42.5 Å². The Morgan fingerprint density at radius 2 is 1.70 bits per heavy atom. The van der Waals surface area contributed by atoms with E-state index in [-0.39, 0.29) is 0 Å². The Morgan fingerprint density at radius 3 is 2.48 bits per heavy atom. The third kappa shape index (κ3) is 4.29. The highest BCUT2D eigenvalue weighted by Gasteiger charge is 2.05. The van der Waals surface area contributed by atoms with Crippen LogP contribution in [-0.2, 0) is 6.54 Å². The molecule has 116 valence electrons. The molecule has 0 aliphatic carbocycles. The summed E-state index contributed by atoms with van der Waals surface area (Å²) < 4.78 is 0.976. The van der Waals surface area contributed by atoms with Crippen molar-refractivity contribution in [3.63, 3.8) is 0 Å². The van der Waals surface area contributed by atoms with E-state index >= 15 is 0 Å². The minimum atomic E-state index is 0.576. The number of rotatable bonds is 5.